The van der Waals surface area contributed by atoms with Gasteiger partial charge in [-0.05, 0) is 52.8 Å². The van der Waals surface area contributed by atoms with Crippen molar-refractivity contribution in [2.75, 3.05) is 16.8 Å². The molecule has 8 nitrogen and oxygen atoms in total. The molecule has 0 saturated carbocycles. The van der Waals surface area contributed by atoms with E-state index in [1.807, 2.05) is 30.3 Å². The van der Waals surface area contributed by atoms with Crippen molar-refractivity contribution in [3.8, 4) is 11.1 Å². The monoisotopic (exact) mass is 509 g/mol. The van der Waals surface area contributed by atoms with Crippen molar-refractivity contribution < 1.29 is 9.90 Å². The molecule has 4 aromatic rings. The highest BCUT2D eigenvalue weighted by atomic mass is 16.3. The maximum atomic E-state index is 13.6. The van der Waals surface area contributed by atoms with Crippen molar-refractivity contribution in [1.82, 2.24) is 14.5 Å². The van der Waals surface area contributed by atoms with Crippen LogP contribution in [-0.2, 0) is 25.5 Å². The molecule has 0 bridgehead atoms. The number of amides is 1. The van der Waals surface area contributed by atoms with Gasteiger partial charge in [-0.15, -0.1) is 0 Å². The minimum atomic E-state index is -0.261. The van der Waals surface area contributed by atoms with Gasteiger partial charge in [0.05, 0.1) is 12.3 Å². The number of carbonyl (C=O) groups is 1. The highest BCUT2D eigenvalue weighted by Crippen LogP contribution is 2.35. The van der Waals surface area contributed by atoms with Gasteiger partial charge in [0.1, 0.15) is 17.8 Å². The average molecular weight is 510 g/mol. The molecular formula is C30H31N5O3. The van der Waals surface area contributed by atoms with E-state index in [9.17, 15) is 14.7 Å². The highest BCUT2D eigenvalue weighted by molar-refractivity contribution is 6.09. The standard InChI is InChI=1S/C30H31N5O3/c1-30(2,3)21-8-9-23-19(14-21)11-13-35(28(23)37)26-7-5-6-22(24(26)17-36)20-15-25(29(38)34(4)16-20)33-27-10-12-31-18-32-27/h5-10,12,14-16,18,36H,11,13,17H2,1-4H3,(H,31,32,33). The number of nitrogens with one attached hydrogen (secondary N) is 1. The zero-order chi connectivity index (χ0) is 27.0. The van der Waals surface area contributed by atoms with Gasteiger partial charge in [-0.1, -0.05) is 45.0 Å². The molecule has 0 atom stereocenters. The van der Waals surface area contributed by atoms with Gasteiger partial charge in [-0.3, -0.25) is 9.59 Å². The Bertz CT molecular complexity index is 1570. The summed E-state index contributed by atoms with van der Waals surface area (Å²) in [4.78, 5) is 36.3. The molecule has 0 saturated heterocycles. The third-order valence-corrected chi connectivity index (χ3v) is 6.99. The second-order valence-corrected chi connectivity index (χ2v) is 10.6. The van der Waals surface area contributed by atoms with Crippen molar-refractivity contribution >= 4 is 23.1 Å². The summed E-state index contributed by atoms with van der Waals surface area (Å²) in [5.74, 6) is 0.419. The lowest BCUT2D eigenvalue weighted by molar-refractivity contribution is 0.0980. The van der Waals surface area contributed by atoms with E-state index in [-0.39, 0.29) is 23.5 Å². The average Bonchev–Trinajstić information content (AvgIpc) is 2.91. The van der Waals surface area contributed by atoms with Crippen LogP contribution in [-0.4, -0.2) is 32.1 Å². The fraction of sp³-hybridized carbons (Fsp3) is 0.267. The van der Waals surface area contributed by atoms with E-state index in [2.05, 4.69) is 42.1 Å². The third-order valence-electron chi connectivity index (χ3n) is 6.99. The summed E-state index contributed by atoms with van der Waals surface area (Å²) in [6.07, 6.45) is 5.45. The molecule has 0 fully saturated rings. The minimum absolute atomic E-state index is 0.00452. The van der Waals surface area contributed by atoms with Crippen LogP contribution in [0.15, 0.2) is 72.0 Å². The lowest BCUT2D eigenvalue weighted by atomic mass is 9.84. The summed E-state index contributed by atoms with van der Waals surface area (Å²) >= 11 is 0. The Hall–Kier alpha value is -4.30. The predicted octanol–water partition coefficient (Wildman–Crippen LogP) is 4.58. The maximum Gasteiger partial charge on any atom is 0.274 e. The summed E-state index contributed by atoms with van der Waals surface area (Å²) < 4.78 is 1.49. The van der Waals surface area contributed by atoms with Gasteiger partial charge in [-0.25, -0.2) is 9.97 Å². The zero-order valence-electron chi connectivity index (χ0n) is 22.0. The Morgan fingerprint density at radius 3 is 2.58 bits per heavy atom. The quantitative estimate of drug-likeness (QED) is 0.409. The van der Waals surface area contributed by atoms with Crippen LogP contribution in [0.3, 0.4) is 0 Å². The Labute approximate surface area is 221 Å². The van der Waals surface area contributed by atoms with Crippen molar-refractivity contribution in [2.24, 2.45) is 7.05 Å². The summed E-state index contributed by atoms with van der Waals surface area (Å²) in [5.41, 5.74) is 5.85. The summed E-state index contributed by atoms with van der Waals surface area (Å²) in [7, 11) is 1.68. The van der Waals surface area contributed by atoms with Crippen LogP contribution < -0.4 is 15.8 Å². The Morgan fingerprint density at radius 1 is 1.05 bits per heavy atom. The number of aromatic nitrogens is 3. The second-order valence-electron chi connectivity index (χ2n) is 10.6. The topological polar surface area (TPSA) is 100 Å². The first kappa shape index (κ1) is 25.4. The second kappa shape index (κ2) is 9.87. The number of anilines is 3. The van der Waals surface area contributed by atoms with E-state index in [0.29, 0.717) is 34.9 Å². The first-order chi connectivity index (χ1) is 18.2. The number of aliphatic hydroxyl groups excluding tert-OH is 1. The molecule has 2 aromatic carbocycles. The maximum absolute atomic E-state index is 13.6. The van der Waals surface area contributed by atoms with E-state index < -0.39 is 0 Å². The van der Waals surface area contributed by atoms with Crippen molar-refractivity contribution in [1.29, 1.82) is 0 Å². The fourth-order valence-corrected chi connectivity index (χ4v) is 4.90. The van der Waals surface area contributed by atoms with Gasteiger partial charge in [-0.2, -0.15) is 0 Å². The molecule has 194 valence electrons. The predicted molar refractivity (Wildman–Crippen MR) is 149 cm³/mol. The van der Waals surface area contributed by atoms with Crippen molar-refractivity contribution in [2.45, 2.75) is 39.2 Å². The van der Waals surface area contributed by atoms with E-state index >= 15 is 0 Å². The molecule has 1 aliphatic heterocycles. The molecular weight excluding hydrogens is 478 g/mol. The molecule has 5 rings (SSSR count). The number of carbonyl (C=O) groups excluding carboxylic acids is 1. The number of fused-ring (bicyclic) bond motifs is 1. The van der Waals surface area contributed by atoms with Crippen LogP contribution in [0, 0.1) is 0 Å². The van der Waals surface area contributed by atoms with E-state index in [4.69, 9.17) is 0 Å². The summed E-state index contributed by atoms with van der Waals surface area (Å²) in [5, 5.41) is 13.5. The molecule has 1 aliphatic rings. The van der Waals surface area contributed by atoms with Gasteiger partial charge >= 0.3 is 0 Å². The lowest BCUT2D eigenvalue weighted by Crippen LogP contribution is -2.38. The van der Waals surface area contributed by atoms with E-state index in [1.165, 1.54) is 16.5 Å². The van der Waals surface area contributed by atoms with E-state index in [0.717, 1.165) is 23.1 Å². The Balaban J connectivity index is 1.54. The first-order valence-electron chi connectivity index (χ1n) is 12.6. The van der Waals surface area contributed by atoms with Crippen molar-refractivity contribution in [3.63, 3.8) is 0 Å². The first-order valence-corrected chi connectivity index (χ1v) is 12.6. The summed E-state index contributed by atoms with van der Waals surface area (Å²) in [6, 6.07) is 15.1. The number of pyridine rings is 1. The molecule has 38 heavy (non-hydrogen) atoms. The number of rotatable bonds is 5. The Kier molecular flexibility index (Phi) is 6.59. The van der Waals surface area contributed by atoms with Gasteiger partial charge in [0.15, 0.2) is 0 Å². The third kappa shape index (κ3) is 4.70. The smallest absolute Gasteiger partial charge is 0.274 e. The number of benzene rings is 2. The lowest BCUT2D eigenvalue weighted by Gasteiger charge is -2.32. The van der Waals surface area contributed by atoms with Gasteiger partial charge in [0, 0.05) is 42.7 Å². The fourth-order valence-electron chi connectivity index (χ4n) is 4.90. The number of hydrogen-bond acceptors (Lipinski definition) is 6. The number of nitrogens with zero attached hydrogens (tertiary/aromatic N) is 4. The van der Waals surface area contributed by atoms with Gasteiger partial charge in [0.25, 0.3) is 11.5 Å². The van der Waals surface area contributed by atoms with Crippen LogP contribution in [0.1, 0.15) is 47.8 Å². The number of aliphatic hydroxyl groups is 1. The van der Waals surface area contributed by atoms with E-state index in [1.54, 1.807) is 36.5 Å². The molecule has 2 aromatic heterocycles. The summed E-state index contributed by atoms with van der Waals surface area (Å²) in [6.45, 7) is 6.75. The number of hydrogen-bond donors (Lipinski definition) is 2. The molecule has 0 spiro atoms. The van der Waals surface area contributed by atoms with Crippen LogP contribution in [0.5, 0.6) is 0 Å². The van der Waals surface area contributed by atoms with Crippen LogP contribution >= 0.6 is 0 Å². The van der Waals surface area contributed by atoms with Gasteiger partial charge < -0.3 is 19.9 Å². The zero-order valence-corrected chi connectivity index (χ0v) is 22.0. The SMILES string of the molecule is Cn1cc(-c2cccc(N3CCc4cc(C(C)(C)C)ccc4C3=O)c2CO)cc(Nc2ccncn2)c1=O. The van der Waals surface area contributed by atoms with Gasteiger partial charge in [0.2, 0.25) is 0 Å². The highest BCUT2D eigenvalue weighted by Gasteiger charge is 2.29. The largest absolute Gasteiger partial charge is 0.392 e. The van der Waals surface area contributed by atoms with Crippen molar-refractivity contribution in [3.05, 3.63) is 99.9 Å². The molecule has 0 unspecified atom stereocenters. The Morgan fingerprint density at radius 2 is 1.87 bits per heavy atom. The molecule has 0 radical (unpaired) electrons. The number of aryl methyl sites for hydroxylation is 1. The molecule has 2 N–H and O–H groups in total. The molecule has 1 amide bonds. The van der Waals surface area contributed by atoms with Crippen LogP contribution in [0.2, 0.25) is 0 Å². The van der Waals surface area contributed by atoms with Crippen LogP contribution in [0.4, 0.5) is 17.2 Å². The molecule has 8 heteroatoms. The van der Waals surface area contributed by atoms with Crippen LogP contribution in [0.25, 0.3) is 11.1 Å². The minimum Gasteiger partial charge on any atom is -0.392 e. The molecule has 3 heterocycles. The normalized spacial score (nSPS) is 13.4. The molecule has 0 aliphatic carbocycles.